The molecule has 0 saturated heterocycles. The summed E-state index contributed by atoms with van der Waals surface area (Å²) in [6.45, 7) is 2.55. The van der Waals surface area contributed by atoms with Crippen molar-refractivity contribution in [2.45, 2.75) is 25.8 Å². The lowest BCUT2D eigenvalue weighted by molar-refractivity contribution is -0.137. The third kappa shape index (κ3) is 3.51. The van der Waals surface area contributed by atoms with Crippen molar-refractivity contribution >= 4 is 11.8 Å². The Kier molecular flexibility index (Phi) is 4.72. The van der Waals surface area contributed by atoms with Gasteiger partial charge in [-0.25, -0.2) is 0 Å². The van der Waals surface area contributed by atoms with Crippen LogP contribution in [0.25, 0.3) is 0 Å². The zero-order valence-corrected chi connectivity index (χ0v) is 9.10. The van der Waals surface area contributed by atoms with E-state index in [1.807, 2.05) is 6.92 Å². The van der Waals surface area contributed by atoms with E-state index in [-0.39, 0.29) is 18.0 Å². The molecule has 0 fully saturated rings. The number of rotatable bonds is 7. The Morgan fingerprint density at radius 2 is 2.31 bits per heavy atom. The zero-order valence-electron chi connectivity index (χ0n) is 9.10. The van der Waals surface area contributed by atoms with Crippen LogP contribution in [0.15, 0.2) is 22.8 Å². The van der Waals surface area contributed by atoms with Gasteiger partial charge >= 0.3 is 5.97 Å². The Hall–Kier alpha value is -1.62. The van der Waals surface area contributed by atoms with Crippen molar-refractivity contribution in [3.05, 3.63) is 24.2 Å². The molecule has 1 atom stereocenters. The summed E-state index contributed by atoms with van der Waals surface area (Å²) in [5.41, 5.74) is 0. The summed E-state index contributed by atoms with van der Waals surface area (Å²) in [6.07, 6.45) is 1.99. The van der Waals surface area contributed by atoms with Gasteiger partial charge in [0.2, 0.25) is 5.78 Å². The van der Waals surface area contributed by atoms with Crippen molar-refractivity contribution in [3.8, 4) is 0 Å². The molecule has 0 amide bonds. The van der Waals surface area contributed by atoms with Crippen LogP contribution in [-0.2, 0) is 4.79 Å². The molecule has 0 aliphatic heterocycles. The van der Waals surface area contributed by atoms with Crippen molar-refractivity contribution in [3.63, 3.8) is 0 Å². The summed E-state index contributed by atoms with van der Waals surface area (Å²) in [5.74, 6) is -1.13. The molecule has 2 N–H and O–H groups in total. The number of Topliss-reactive ketones (excluding diaryl/α,β-unsaturated/α-hetero) is 1. The van der Waals surface area contributed by atoms with E-state index in [1.165, 1.54) is 12.3 Å². The fourth-order valence-electron chi connectivity index (χ4n) is 1.34. The molecule has 0 aromatic carbocycles. The van der Waals surface area contributed by atoms with Crippen LogP contribution in [0.2, 0.25) is 0 Å². The van der Waals surface area contributed by atoms with E-state index in [1.54, 1.807) is 6.07 Å². The topological polar surface area (TPSA) is 79.5 Å². The monoisotopic (exact) mass is 225 g/mol. The molecule has 0 saturated carbocycles. The Balaban J connectivity index is 2.67. The van der Waals surface area contributed by atoms with Gasteiger partial charge in [0, 0.05) is 0 Å². The van der Waals surface area contributed by atoms with E-state index in [9.17, 15) is 9.59 Å². The molecule has 1 aromatic rings. The lowest BCUT2D eigenvalue weighted by Crippen LogP contribution is -2.38. The summed E-state index contributed by atoms with van der Waals surface area (Å²) in [7, 11) is 0. The second kappa shape index (κ2) is 6.07. The van der Waals surface area contributed by atoms with Gasteiger partial charge in [-0.1, -0.05) is 6.92 Å². The maximum atomic E-state index is 11.8. The molecular formula is C11H15NO4. The first-order valence-electron chi connectivity index (χ1n) is 5.18. The third-order valence-corrected chi connectivity index (χ3v) is 2.10. The normalized spacial score (nSPS) is 12.3. The Bertz CT molecular complexity index is 345. The van der Waals surface area contributed by atoms with Crippen molar-refractivity contribution in [1.29, 1.82) is 0 Å². The minimum atomic E-state index is -1.01. The molecular weight excluding hydrogens is 210 g/mol. The molecule has 1 rings (SSSR count). The Morgan fingerprint density at radius 3 is 2.81 bits per heavy atom. The molecule has 0 aliphatic carbocycles. The van der Waals surface area contributed by atoms with Crippen LogP contribution in [0.3, 0.4) is 0 Å². The molecule has 1 unspecified atom stereocenters. The lowest BCUT2D eigenvalue weighted by Gasteiger charge is -2.13. The van der Waals surface area contributed by atoms with Crippen LogP contribution in [0, 0.1) is 0 Å². The minimum absolute atomic E-state index is 0.190. The van der Waals surface area contributed by atoms with Crippen LogP contribution in [-0.4, -0.2) is 29.4 Å². The van der Waals surface area contributed by atoms with E-state index in [0.29, 0.717) is 6.54 Å². The minimum Gasteiger partial charge on any atom is -0.481 e. The van der Waals surface area contributed by atoms with Crippen LogP contribution in [0.4, 0.5) is 0 Å². The molecule has 5 nitrogen and oxygen atoms in total. The first-order chi connectivity index (χ1) is 7.65. The highest BCUT2D eigenvalue weighted by Gasteiger charge is 2.23. The van der Waals surface area contributed by atoms with E-state index in [4.69, 9.17) is 9.52 Å². The number of nitrogens with one attached hydrogen (secondary N) is 1. The number of hydrogen-bond donors (Lipinski definition) is 2. The number of hydrogen-bond acceptors (Lipinski definition) is 4. The summed E-state index contributed by atoms with van der Waals surface area (Å²) in [6, 6.07) is 2.42. The van der Waals surface area contributed by atoms with Gasteiger partial charge in [-0.15, -0.1) is 0 Å². The van der Waals surface area contributed by atoms with Crippen molar-refractivity contribution in [2.24, 2.45) is 0 Å². The van der Waals surface area contributed by atoms with E-state index >= 15 is 0 Å². The largest absolute Gasteiger partial charge is 0.481 e. The molecule has 0 spiro atoms. The number of aliphatic carboxylic acids is 1. The predicted molar refractivity (Wildman–Crippen MR) is 57.4 cm³/mol. The van der Waals surface area contributed by atoms with Gasteiger partial charge in [0.1, 0.15) is 0 Å². The predicted octanol–water partition coefficient (Wildman–Crippen LogP) is 1.31. The van der Waals surface area contributed by atoms with Crippen LogP contribution in [0.5, 0.6) is 0 Å². The Morgan fingerprint density at radius 1 is 1.56 bits per heavy atom. The first kappa shape index (κ1) is 12.4. The molecule has 1 heterocycles. The van der Waals surface area contributed by atoms with Crippen molar-refractivity contribution in [2.75, 3.05) is 6.54 Å². The molecule has 1 aromatic heterocycles. The first-order valence-corrected chi connectivity index (χ1v) is 5.18. The molecule has 0 radical (unpaired) electrons. The lowest BCUT2D eigenvalue weighted by atomic mass is 10.1. The van der Waals surface area contributed by atoms with Gasteiger partial charge in [-0.05, 0) is 25.1 Å². The quantitative estimate of drug-likeness (QED) is 0.684. The van der Waals surface area contributed by atoms with Crippen molar-refractivity contribution in [1.82, 2.24) is 5.32 Å². The second-order valence-electron chi connectivity index (χ2n) is 3.45. The van der Waals surface area contributed by atoms with E-state index < -0.39 is 12.0 Å². The maximum absolute atomic E-state index is 11.8. The summed E-state index contributed by atoms with van der Waals surface area (Å²) in [4.78, 5) is 22.5. The number of carboxylic acid groups (broad SMARTS) is 1. The highest BCUT2D eigenvalue weighted by molar-refractivity contribution is 5.99. The highest BCUT2D eigenvalue weighted by atomic mass is 16.4. The number of furan rings is 1. The smallest absolute Gasteiger partial charge is 0.305 e. The average Bonchev–Trinajstić information content (AvgIpc) is 2.76. The van der Waals surface area contributed by atoms with Gasteiger partial charge in [0.25, 0.3) is 0 Å². The van der Waals surface area contributed by atoms with Crippen LogP contribution < -0.4 is 5.32 Å². The summed E-state index contributed by atoms with van der Waals surface area (Å²) < 4.78 is 4.96. The summed E-state index contributed by atoms with van der Waals surface area (Å²) >= 11 is 0. The summed E-state index contributed by atoms with van der Waals surface area (Å²) in [5, 5.41) is 11.6. The molecule has 0 bridgehead atoms. The van der Waals surface area contributed by atoms with Gasteiger partial charge in [-0.3, -0.25) is 9.59 Å². The zero-order chi connectivity index (χ0) is 12.0. The molecule has 5 heteroatoms. The van der Waals surface area contributed by atoms with Crippen LogP contribution >= 0.6 is 0 Å². The molecule has 16 heavy (non-hydrogen) atoms. The van der Waals surface area contributed by atoms with E-state index in [0.717, 1.165) is 6.42 Å². The van der Waals surface area contributed by atoms with Gasteiger partial charge in [-0.2, -0.15) is 0 Å². The maximum Gasteiger partial charge on any atom is 0.305 e. The number of carboxylic acids is 1. The van der Waals surface area contributed by atoms with Gasteiger partial charge in [0.15, 0.2) is 5.76 Å². The van der Waals surface area contributed by atoms with Gasteiger partial charge in [0.05, 0.1) is 18.7 Å². The number of ketones is 1. The molecule has 0 aliphatic rings. The SMILES string of the molecule is CCCNC(CC(=O)O)C(=O)c1ccco1. The Labute approximate surface area is 93.4 Å². The second-order valence-corrected chi connectivity index (χ2v) is 3.45. The molecule has 88 valence electrons. The number of carbonyl (C=O) groups excluding carboxylic acids is 1. The van der Waals surface area contributed by atoms with E-state index in [2.05, 4.69) is 5.32 Å². The van der Waals surface area contributed by atoms with Gasteiger partial charge < -0.3 is 14.8 Å². The van der Waals surface area contributed by atoms with Crippen LogP contribution in [0.1, 0.15) is 30.3 Å². The fourth-order valence-corrected chi connectivity index (χ4v) is 1.34. The van der Waals surface area contributed by atoms with Crippen molar-refractivity contribution < 1.29 is 19.1 Å². The fraction of sp³-hybridized carbons (Fsp3) is 0.455. The number of carbonyl (C=O) groups is 2. The highest BCUT2D eigenvalue weighted by Crippen LogP contribution is 2.07. The standard InChI is InChI=1S/C11H15NO4/c1-2-5-12-8(7-10(13)14)11(15)9-4-3-6-16-9/h3-4,6,8,12H,2,5,7H2,1H3,(H,13,14). The third-order valence-electron chi connectivity index (χ3n) is 2.10. The average molecular weight is 225 g/mol.